The lowest BCUT2D eigenvalue weighted by atomic mass is 10.1. The van der Waals surface area contributed by atoms with Crippen LogP contribution in [0.15, 0.2) is 52.7 Å². The van der Waals surface area contributed by atoms with Gasteiger partial charge in [-0.25, -0.2) is 4.39 Å². The van der Waals surface area contributed by atoms with Crippen molar-refractivity contribution in [2.45, 2.75) is 20.4 Å². The van der Waals surface area contributed by atoms with E-state index in [1.165, 1.54) is 24.3 Å². The third kappa shape index (κ3) is 3.56. The van der Waals surface area contributed by atoms with Crippen LogP contribution in [0, 0.1) is 12.7 Å². The van der Waals surface area contributed by atoms with E-state index in [2.05, 4.69) is 10.2 Å². The lowest BCUT2D eigenvalue weighted by Crippen LogP contribution is -2.07. The highest BCUT2D eigenvalue weighted by Crippen LogP contribution is 2.39. The Morgan fingerprint density at radius 3 is 2.65 bits per heavy atom. The standard InChI is InChI=1S/C19H18FN3O3/c1-3-23-16-9-4-12(2)10-15(16)18(19(23)25)22-21-17(24)11-26-14-7-5-13(20)6-8-14/h4-10,25H,3,11H2,1-2H3. The van der Waals surface area contributed by atoms with Crippen LogP contribution in [0.2, 0.25) is 0 Å². The number of aromatic hydroxyl groups is 1. The number of nitrogens with zero attached hydrogens (tertiary/aromatic N) is 3. The highest BCUT2D eigenvalue weighted by Gasteiger charge is 2.16. The molecule has 0 bridgehead atoms. The molecule has 7 heteroatoms. The van der Waals surface area contributed by atoms with Crippen molar-refractivity contribution < 1.29 is 19.0 Å². The number of rotatable bonds is 5. The normalized spacial score (nSPS) is 11.3. The molecule has 0 aliphatic heterocycles. The van der Waals surface area contributed by atoms with Gasteiger partial charge in [-0.2, -0.15) is 0 Å². The van der Waals surface area contributed by atoms with Crippen LogP contribution in [-0.2, 0) is 11.3 Å². The Hall–Kier alpha value is -3.22. The van der Waals surface area contributed by atoms with E-state index in [4.69, 9.17) is 4.74 Å². The minimum absolute atomic E-state index is 0.0379. The minimum Gasteiger partial charge on any atom is -0.493 e. The molecule has 0 aliphatic carbocycles. The first-order chi connectivity index (χ1) is 12.5. The second-order valence-electron chi connectivity index (χ2n) is 5.77. The quantitative estimate of drug-likeness (QED) is 0.685. The van der Waals surface area contributed by atoms with Gasteiger partial charge in [-0.15, -0.1) is 10.2 Å². The molecule has 3 rings (SSSR count). The van der Waals surface area contributed by atoms with Gasteiger partial charge in [-0.05, 0) is 50.2 Å². The SMILES string of the molecule is CCn1c(O)c(N=NC(=O)COc2ccc(F)cc2)c2cc(C)ccc21. The van der Waals surface area contributed by atoms with E-state index in [0.29, 0.717) is 12.3 Å². The van der Waals surface area contributed by atoms with Gasteiger partial charge in [0.15, 0.2) is 12.3 Å². The van der Waals surface area contributed by atoms with Gasteiger partial charge in [0.2, 0.25) is 5.88 Å². The Bertz CT molecular complexity index is 978. The van der Waals surface area contributed by atoms with E-state index in [1.807, 2.05) is 32.0 Å². The fourth-order valence-corrected chi connectivity index (χ4v) is 2.67. The number of hydrogen-bond donors (Lipinski definition) is 1. The van der Waals surface area contributed by atoms with Crippen LogP contribution in [0.5, 0.6) is 11.6 Å². The van der Waals surface area contributed by atoms with Gasteiger partial charge in [0.1, 0.15) is 11.6 Å². The second kappa shape index (κ2) is 7.35. The first-order valence-corrected chi connectivity index (χ1v) is 8.14. The number of aromatic nitrogens is 1. The zero-order chi connectivity index (χ0) is 18.7. The van der Waals surface area contributed by atoms with Gasteiger partial charge < -0.3 is 14.4 Å². The Morgan fingerprint density at radius 1 is 1.23 bits per heavy atom. The molecule has 0 spiro atoms. The van der Waals surface area contributed by atoms with Crippen molar-refractivity contribution in [3.63, 3.8) is 0 Å². The van der Waals surface area contributed by atoms with E-state index >= 15 is 0 Å². The van der Waals surface area contributed by atoms with Crippen LogP contribution < -0.4 is 4.74 Å². The van der Waals surface area contributed by atoms with Gasteiger partial charge in [0.25, 0.3) is 0 Å². The van der Waals surface area contributed by atoms with Gasteiger partial charge in [0, 0.05) is 11.9 Å². The molecule has 0 fully saturated rings. The predicted octanol–water partition coefficient (Wildman–Crippen LogP) is 4.50. The highest BCUT2D eigenvalue weighted by molar-refractivity contribution is 5.95. The van der Waals surface area contributed by atoms with Crippen molar-refractivity contribution in [2.24, 2.45) is 10.2 Å². The third-order valence-corrected chi connectivity index (χ3v) is 3.92. The molecule has 134 valence electrons. The molecule has 0 unspecified atom stereocenters. The maximum absolute atomic E-state index is 12.8. The van der Waals surface area contributed by atoms with Crippen molar-refractivity contribution in [3.8, 4) is 11.6 Å². The summed E-state index contributed by atoms with van der Waals surface area (Å²) in [4.78, 5) is 11.9. The summed E-state index contributed by atoms with van der Waals surface area (Å²) >= 11 is 0. The van der Waals surface area contributed by atoms with Crippen molar-refractivity contribution in [1.29, 1.82) is 0 Å². The van der Waals surface area contributed by atoms with Crippen molar-refractivity contribution in [3.05, 3.63) is 53.8 Å². The lowest BCUT2D eigenvalue weighted by molar-refractivity contribution is -0.120. The van der Waals surface area contributed by atoms with Crippen LogP contribution in [0.4, 0.5) is 10.1 Å². The van der Waals surface area contributed by atoms with E-state index in [-0.39, 0.29) is 24.0 Å². The van der Waals surface area contributed by atoms with Gasteiger partial charge in [0.05, 0.1) is 5.52 Å². The average molecular weight is 355 g/mol. The Balaban J connectivity index is 1.79. The molecular formula is C19H18FN3O3. The number of amides is 1. The summed E-state index contributed by atoms with van der Waals surface area (Å²) in [6.07, 6.45) is 0. The molecule has 1 N–H and O–H groups in total. The summed E-state index contributed by atoms with van der Waals surface area (Å²) < 4.78 is 19.8. The largest absolute Gasteiger partial charge is 0.493 e. The Morgan fingerprint density at radius 2 is 1.96 bits per heavy atom. The number of hydrogen-bond acceptors (Lipinski definition) is 4. The first kappa shape index (κ1) is 17.6. The van der Waals surface area contributed by atoms with Gasteiger partial charge in [-0.3, -0.25) is 4.79 Å². The zero-order valence-corrected chi connectivity index (χ0v) is 14.4. The molecule has 0 saturated heterocycles. The van der Waals surface area contributed by atoms with Crippen LogP contribution >= 0.6 is 0 Å². The number of aryl methyl sites for hydroxylation is 2. The van der Waals surface area contributed by atoms with Crippen LogP contribution in [-0.4, -0.2) is 22.2 Å². The molecule has 1 amide bonds. The summed E-state index contributed by atoms with van der Waals surface area (Å²) in [6.45, 7) is 4.06. The molecule has 2 aromatic carbocycles. The molecule has 0 saturated carbocycles. The number of benzene rings is 2. The first-order valence-electron chi connectivity index (χ1n) is 8.14. The number of carbonyl (C=O) groups is 1. The Labute approximate surface area is 149 Å². The van der Waals surface area contributed by atoms with Crippen LogP contribution in [0.3, 0.4) is 0 Å². The molecule has 0 radical (unpaired) electrons. The Kier molecular flexibility index (Phi) is 4.97. The zero-order valence-electron chi connectivity index (χ0n) is 14.4. The van der Waals surface area contributed by atoms with Crippen LogP contribution in [0.25, 0.3) is 10.9 Å². The maximum atomic E-state index is 12.8. The second-order valence-corrected chi connectivity index (χ2v) is 5.77. The summed E-state index contributed by atoms with van der Waals surface area (Å²) in [5, 5.41) is 18.7. The number of carbonyl (C=O) groups excluding carboxylic acids is 1. The lowest BCUT2D eigenvalue weighted by Gasteiger charge is -2.02. The smallest absolute Gasteiger partial charge is 0.302 e. The molecular weight excluding hydrogens is 337 g/mol. The van der Waals surface area contributed by atoms with Crippen molar-refractivity contribution in [2.75, 3.05) is 6.61 Å². The van der Waals surface area contributed by atoms with Crippen LogP contribution in [0.1, 0.15) is 12.5 Å². The molecule has 26 heavy (non-hydrogen) atoms. The number of ether oxygens (including phenoxy) is 1. The summed E-state index contributed by atoms with van der Waals surface area (Å²) in [5.41, 5.74) is 2.08. The summed E-state index contributed by atoms with van der Waals surface area (Å²) in [6, 6.07) is 11.0. The number of halogens is 1. The number of azo groups is 1. The van der Waals surface area contributed by atoms with E-state index in [0.717, 1.165) is 16.5 Å². The molecule has 1 aromatic heterocycles. The highest BCUT2D eigenvalue weighted by atomic mass is 19.1. The predicted molar refractivity (Wildman–Crippen MR) is 95.4 cm³/mol. The van der Waals surface area contributed by atoms with E-state index in [9.17, 15) is 14.3 Å². The molecule has 1 heterocycles. The third-order valence-electron chi connectivity index (χ3n) is 3.92. The molecule has 3 aromatic rings. The van der Waals surface area contributed by atoms with Gasteiger partial charge in [-0.1, -0.05) is 11.6 Å². The van der Waals surface area contributed by atoms with Crippen molar-refractivity contribution >= 4 is 22.5 Å². The average Bonchev–Trinajstić information content (AvgIpc) is 2.89. The molecule has 0 atom stereocenters. The van der Waals surface area contributed by atoms with E-state index < -0.39 is 5.91 Å². The summed E-state index contributed by atoms with van der Waals surface area (Å²) in [5.74, 6) is -0.680. The maximum Gasteiger partial charge on any atom is 0.302 e. The minimum atomic E-state index is -0.612. The number of fused-ring (bicyclic) bond motifs is 1. The monoisotopic (exact) mass is 355 g/mol. The fourth-order valence-electron chi connectivity index (χ4n) is 2.67. The van der Waals surface area contributed by atoms with E-state index in [1.54, 1.807) is 4.57 Å². The van der Waals surface area contributed by atoms with Gasteiger partial charge >= 0.3 is 5.91 Å². The van der Waals surface area contributed by atoms with Crippen molar-refractivity contribution in [1.82, 2.24) is 4.57 Å². The summed E-state index contributed by atoms with van der Waals surface area (Å²) in [7, 11) is 0. The topological polar surface area (TPSA) is 76.2 Å². The fraction of sp³-hybridized carbons (Fsp3) is 0.211. The molecule has 0 aliphatic rings. The molecule has 6 nitrogen and oxygen atoms in total.